The number of nitrogens with one attached hydrogen (secondary N) is 1. The van der Waals surface area contributed by atoms with Gasteiger partial charge in [0, 0.05) is 11.9 Å². The van der Waals surface area contributed by atoms with Crippen LogP contribution in [0.25, 0.3) is 0 Å². The molecule has 1 aromatic carbocycles. The Kier molecular flexibility index (Phi) is 3.84. The first kappa shape index (κ1) is 13.9. The standard InChI is InChI=1S/C16H18N2O2S/c1-11-7-8-21-15(11)10-18(2)16(19)14-9-17-12-5-3-4-6-13(12)20-14/h3-8,14,17H,9-10H2,1-2H3. The molecule has 2 heterocycles. The summed E-state index contributed by atoms with van der Waals surface area (Å²) >= 11 is 1.68. The molecule has 1 aromatic heterocycles. The molecule has 1 aliphatic rings. The minimum absolute atomic E-state index is 0.00445. The van der Waals surface area contributed by atoms with Gasteiger partial charge >= 0.3 is 0 Å². The Morgan fingerprint density at radius 3 is 3.00 bits per heavy atom. The molecular formula is C16H18N2O2S. The zero-order valence-electron chi connectivity index (χ0n) is 12.1. The molecule has 0 aliphatic carbocycles. The van der Waals surface area contributed by atoms with E-state index in [1.54, 1.807) is 16.2 Å². The van der Waals surface area contributed by atoms with Crippen LogP contribution in [0.4, 0.5) is 5.69 Å². The number of thiophene rings is 1. The summed E-state index contributed by atoms with van der Waals surface area (Å²) in [6.07, 6.45) is -0.467. The number of aryl methyl sites for hydroxylation is 1. The number of fused-ring (bicyclic) bond motifs is 1. The summed E-state index contributed by atoms with van der Waals surface area (Å²) in [5, 5.41) is 5.30. The van der Waals surface area contributed by atoms with E-state index >= 15 is 0 Å². The highest BCUT2D eigenvalue weighted by Crippen LogP contribution is 2.28. The van der Waals surface area contributed by atoms with Crippen LogP contribution >= 0.6 is 11.3 Å². The van der Waals surface area contributed by atoms with Gasteiger partial charge in [-0.25, -0.2) is 0 Å². The average molecular weight is 302 g/mol. The summed E-state index contributed by atoms with van der Waals surface area (Å²) in [6.45, 7) is 3.20. The highest BCUT2D eigenvalue weighted by Gasteiger charge is 2.28. The van der Waals surface area contributed by atoms with Gasteiger partial charge in [-0.3, -0.25) is 4.79 Å². The molecule has 0 bridgehead atoms. The summed E-state index contributed by atoms with van der Waals surface area (Å²) in [5.41, 5.74) is 2.17. The zero-order chi connectivity index (χ0) is 14.8. The van der Waals surface area contributed by atoms with Crippen LogP contribution in [0.3, 0.4) is 0 Å². The van der Waals surface area contributed by atoms with E-state index in [0.717, 1.165) is 11.4 Å². The van der Waals surface area contributed by atoms with Crippen molar-refractivity contribution in [1.82, 2.24) is 4.90 Å². The summed E-state index contributed by atoms with van der Waals surface area (Å²) in [7, 11) is 1.82. The van der Waals surface area contributed by atoms with E-state index in [2.05, 4.69) is 23.7 Å². The van der Waals surface area contributed by atoms with Crippen LogP contribution in [0.2, 0.25) is 0 Å². The number of anilines is 1. The van der Waals surface area contributed by atoms with Crippen LogP contribution in [0.1, 0.15) is 10.4 Å². The average Bonchev–Trinajstić information content (AvgIpc) is 2.91. The van der Waals surface area contributed by atoms with Crippen molar-refractivity contribution in [2.75, 3.05) is 18.9 Å². The SMILES string of the molecule is Cc1ccsc1CN(C)C(=O)C1CNc2ccccc2O1. The van der Waals surface area contributed by atoms with Crippen molar-refractivity contribution in [2.45, 2.75) is 19.6 Å². The Morgan fingerprint density at radius 2 is 2.24 bits per heavy atom. The number of amides is 1. The van der Waals surface area contributed by atoms with Gasteiger partial charge < -0.3 is 15.0 Å². The molecular weight excluding hydrogens is 284 g/mol. The zero-order valence-corrected chi connectivity index (χ0v) is 12.9. The number of nitrogens with zero attached hydrogens (tertiary/aromatic N) is 1. The largest absolute Gasteiger partial charge is 0.477 e. The highest BCUT2D eigenvalue weighted by molar-refractivity contribution is 7.10. The van der Waals surface area contributed by atoms with Crippen LogP contribution in [0.5, 0.6) is 5.75 Å². The number of rotatable bonds is 3. The van der Waals surface area contributed by atoms with Gasteiger partial charge in [0.05, 0.1) is 18.8 Å². The van der Waals surface area contributed by atoms with E-state index in [4.69, 9.17) is 4.74 Å². The van der Waals surface area contributed by atoms with Gasteiger partial charge in [0.15, 0.2) is 6.10 Å². The maximum Gasteiger partial charge on any atom is 0.265 e. The van der Waals surface area contributed by atoms with Crippen LogP contribution in [-0.2, 0) is 11.3 Å². The predicted molar refractivity (Wildman–Crippen MR) is 84.9 cm³/mol. The molecule has 0 radical (unpaired) electrons. The first-order chi connectivity index (χ1) is 10.1. The Labute approximate surface area is 128 Å². The summed E-state index contributed by atoms with van der Waals surface area (Å²) in [6, 6.07) is 9.77. The number of hydrogen-bond acceptors (Lipinski definition) is 4. The molecule has 1 N–H and O–H groups in total. The third-order valence-corrected chi connectivity index (χ3v) is 4.64. The predicted octanol–water partition coefficient (Wildman–Crippen LogP) is 2.89. The molecule has 0 saturated heterocycles. The molecule has 3 rings (SSSR count). The quantitative estimate of drug-likeness (QED) is 0.948. The topological polar surface area (TPSA) is 41.6 Å². The lowest BCUT2D eigenvalue weighted by molar-refractivity contribution is -0.137. The maximum absolute atomic E-state index is 12.5. The van der Waals surface area contributed by atoms with Gasteiger partial charge in [-0.1, -0.05) is 12.1 Å². The molecule has 0 fully saturated rings. The number of ether oxygens (including phenoxy) is 1. The first-order valence-electron chi connectivity index (χ1n) is 6.92. The molecule has 0 spiro atoms. The molecule has 0 saturated carbocycles. The van der Waals surface area contributed by atoms with Crippen molar-refractivity contribution in [1.29, 1.82) is 0 Å². The smallest absolute Gasteiger partial charge is 0.265 e. The van der Waals surface area contributed by atoms with Gasteiger partial charge in [-0.15, -0.1) is 11.3 Å². The van der Waals surface area contributed by atoms with Gasteiger partial charge in [-0.05, 0) is 36.1 Å². The number of carbonyl (C=O) groups is 1. The Balaban J connectivity index is 1.67. The van der Waals surface area contributed by atoms with Crippen molar-refractivity contribution in [3.05, 3.63) is 46.2 Å². The fourth-order valence-corrected chi connectivity index (χ4v) is 3.31. The van der Waals surface area contributed by atoms with E-state index in [9.17, 15) is 4.79 Å². The van der Waals surface area contributed by atoms with Gasteiger partial charge in [-0.2, -0.15) is 0 Å². The molecule has 1 aliphatic heterocycles. The van der Waals surface area contributed by atoms with Gasteiger partial charge in [0.1, 0.15) is 5.75 Å². The van der Waals surface area contributed by atoms with Crippen molar-refractivity contribution in [3.8, 4) is 5.75 Å². The number of likely N-dealkylation sites (N-methyl/N-ethyl adjacent to an activating group) is 1. The molecule has 1 amide bonds. The summed E-state index contributed by atoms with van der Waals surface area (Å²) < 4.78 is 5.81. The lowest BCUT2D eigenvalue weighted by Gasteiger charge is -2.29. The van der Waals surface area contributed by atoms with Crippen LogP contribution < -0.4 is 10.1 Å². The molecule has 5 heteroatoms. The first-order valence-corrected chi connectivity index (χ1v) is 7.80. The maximum atomic E-state index is 12.5. The number of hydrogen-bond donors (Lipinski definition) is 1. The minimum atomic E-state index is -0.467. The van der Waals surface area contributed by atoms with E-state index in [-0.39, 0.29) is 5.91 Å². The van der Waals surface area contributed by atoms with Gasteiger partial charge in [0.25, 0.3) is 5.91 Å². The normalized spacial score (nSPS) is 16.6. The fraction of sp³-hybridized carbons (Fsp3) is 0.312. The number of para-hydroxylation sites is 2. The second-order valence-electron chi connectivity index (χ2n) is 5.20. The summed E-state index contributed by atoms with van der Waals surface area (Å²) in [5.74, 6) is 0.743. The van der Waals surface area contributed by atoms with Crippen molar-refractivity contribution < 1.29 is 9.53 Å². The Bertz CT molecular complexity index is 653. The van der Waals surface area contributed by atoms with Gasteiger partial charge in [0.2, 0.25) is 0 Å². The van der Waals surface area contributed by atoms with Crippen LogP contribution in [0, 0.1) is 6.92 Å². The number of carbonyl (C=O) groups excluding carboxylic acids is 1. The Morgan fingerprint density at radius 1 is 1.43 bits per heavy atom. The second kappa shape index (κ2) is 5.77. The third-order valence-electron chi connectivity index (χ3n) is 3.63. The molecule has 4 nitrogen and oxygen atoms in total. The van der Waals surface area contributed by atoms with Crippen molar-refractivity contribution in [2.24, 2.45) is 0 Å². The van der Waals surface area contributed by atoms with E-state index < -0.39 is 6.10 Å². The summed E-state index contributed by atoms with van der Waals surface area (Å²) in [4.78, 5) is 15.5. The molecule has 2 aromatic rings. The van der Waals surface area contributed by atoms with Crippen molar-refractivity contribution in [3.63, 3.8) is 0 Å². The number of benzene rings is 1. The van der Waals surface area contributed by atoms with Crippen LogP contribution in [0.15, 0.2) is 35.7 Å². The lowest BCUT2D eigenvalue weighted by Crippen LogP contribution is -2.45. The third kappa shape index (κ3) is 2.88. The fourth-order valence-electron chi connectivity index (χ4n) is 2.36. The Hall–Kier alpha value is -2.01. The molecule has 21 heavy (non-hydrogen) atoms. The molecule has 1 atom stereocenters. The second-order valence-corrected chi connectivity index (χ2v) is 6.21. The van der Waals surface area contributed by atoms with E-state index in [1.165, 1.54) is 10.4 Å². The monoisotopic (exact) mass is 302 g/mol. The van der Waals surface area contributed by atoms with Crippen LogP contribution in [-0.4, -0.2) is 30.5 Å². The van der Waals surface area contributed by atoms with E-state index in [0.29, 0.717) is 13.1 Å². The molecule has 110 valence electrons. The lowest BCUT2D eigenvalue weighted by atomic mass is 10.2. The highest BCUT2D eigenvalue weighted by atomic mass is 32.1. The van der Waals surface area contributed by atoms with Crippen molar-refractivity contribution >= 4 is 22.9 Å². The molecule has 1 unspecified atom stereocenters. The minimum Gasteiger partial charge on any atom is -0.477 e. The van der Waals surface area contributed by atoms with E-state index in [1.807, 2.05) is 31.3 Å².